The molecule has 16 heavy (non-hydrogen) atoms. The van der Waals surface area contributed by atoms with Gasteiger partial charge >= 0.3 is 0 Å². The van der Waals surface area contributed by atoms with E-state index < -0.39 is 0 Å². The van der Waals surface area contributed by atoms with Crippen LogP contribution in [0.2, 0.25) is 0 Å². The molecule has 1 atom stereocenters. The van der Waals surface area contributed by atoms with Crippen LogP contribution in [0.25, 0.3) is 0 Å². The molecule has 94 valence electrons. The Morgan fingerprint density at radius 3 is 2.69 bits per heavy atom. The van der Waals surface area contributed by atoms with Crippen LogP contribution in [0.5, 0.6) is 0 Å². The second-order valence-corrected chi connectivity index (χ2v) is 3.85. The maximum Gasteiger partial charge on any atom is 0.242 e. The summed E-state index contributed by atoms with van der Waals surface area (Å²) < 4.78 is 0. The highest BCUT2D eigenvalue weighted by Gasteiger charge is 2.27. The number of carbonyl (C=O) groups is 2. The lowest BCUT2D eigenvalue weighted by Crippen LogP contribution is -2.45. The number of hydrogen-bond acceptors (Lipinski definition) is 3. The van der Waals surface area contributed by atoms with Gasteiger partial charge in [-0.2, -0.15) is 0 Å². The molecular weight excluding hydrogens is 230 g/mol. The second-order valence-electron chi connectivity index (χ2n) is 3.85. The summed E-state index contributed by atoms with van der Waals surface area (Å²) in [6.07, 6.45) is 2.10. The molecule has 1 heterocycles. The van der Waals surface area contributed by atoms with Crippen molar-refractivity contribution < 1.29 is 9.59 Å². The molecule has 0 spiro atoms. The van der Waals surface area contributed by atoms with Gasteiger partial charge in [-0.3, -0.25) is 9.59 Å². The lowest BCUT2D eigenvalue weighted by Gasteiger charge is -2.24. The number of amides is 2. The maximum absolute atomic E-state index is 11.7. The Hall–Kier alpha value is -0.810. The summed E-state index contributed by atoms with van der Waals surface area (Å²) in [6.45, 7) is 3.18. The minimum atomic E-state index is -0.160. The van der Waals surface area contributed by atoms with Crippen molar-refractivity contribution >= 4 is 24.2 Å². The average Bonchev–Trinajstić information content (AvgIpc) is 2.63. The van der Waals surface area contributed by atoms with E-state index >= 15 is 0 Å². The third-order valence-corrected chi connectivity index (χ3v) is 2.63. The first-order valence-electron chi connectivity index (χ1n) is 5.33. The first-order valence-corrected chi connectivity index (χ1v) is 5.33. The predicted molar refractivity (Wildman–Crippen MR) is 64.6 cm³/mol. The van der Waals surface area contributed by atoms with Gasteiger partial charge in [0.25, 0.3) is 0 Å². The van der Waals surface area contributed by atoms with Crippen LogP contribution >= 0.6 is 12.4 Å². The van der Waals surface area contributed by atoms with E-state index in [1.165, 1.54) is 6.92 Å². The number of halogens is 1. The van der Waals surface area contributed by atoms with E-state index in [-0.39, 0.29) is 36.8 Å². The van der Waals surface area contributed by atoms with Gasteiger partial charge < -0.3 is 15.5 Å². The molecule has 0 aromatic rings. The summed E-state index contributed by atoms with van der Waals surface area (Å²) in [5.41, 5.74) is 0. The molecule has 0 aromatic heterocycles. The predicted octanol–water partition coefficient (Wildman–Crippen LogP) is -0.245. The van der Waals surface area contributed by atoms with Crippen LogP contribution in [0, 0.1) is 0 Å². The van der Waals surface area contributed by atoms with E-state index in [2.05, 4.69) is 10.6 Å². The van der Waals surface area contributed by atoms with E-state index in [1.54, 1.807) is 0 Å². The van der Waals surface area contributed by atoms with Gasteiger partial charge in [-0.15, -0.1) is 12.4 Å². The van der Waals surface area contributed by atoms with E-state index in [0.717, 1.165) is 25.9 Å². The van der Waals surface area contributed by atoms with Crippen LogP contribution in [0.1, 0.15) is 19.8 Å². The van der Waals surface area contributed by atoms with Gasteiger partial charge in [0.05, 0.1) is 6.54 Å². The van der Waals surface area contributed by atoms with Gasteiger partial charge in [0, 0.05) is 26.1 Å². The van der Waals surface area contributed by atoms with Crippen LogP contribution in [0.3, 0.4) is 0 Å². The normalized spacial score (nSPS) is 19.1. The highest BCUT2D eigenvalue weighted by Crippen LogP contribution is 2.16. The number of likely N-dealkylation sites (N-methyl/N-ethyl adjacent to an activating group) is 1. The van der Waals surface area contributed by atoms with Crippen molar-refractivity contribution in [1.82, 2.24) is 15.5 Å². The van der Waals surface area contributed by atoms with Crippen molar-refractivity contribution in [1.29, 1.82) is 0 Å². The zero-order valence-electron chi connectivity index (χ0n) is 9.78. The number of likely N-dealkylation sites (tertiary alicyclic amines) is 1. The molecule has 1 unspecified atom stereocenters. The van der Waals surface area contributed by atoms with Gasteiger partial charge in [0.2, 0.25) is 11.8 Å². The van der Waals surface area contributed by atoms with Crippen LogP contribution in [-0.4, -0.2) is 49.4 Å². The lowest BCUT2D eigenvalue weighted by molar-refractivity contribution is -0.133. The summed E-state index contributed by atoms with van der Waals surface area (Å²) in [6, 6.07) is 0.288. The topological polar surface area (TPSA) is 61.4 Å². The number of nitrogens with one attached hydrogen (secondary N) is 2. The largest absolute Gasteiger partial charge is 0.347 e. The van der Waals surface area contributed by atoms with Crippen LogP contribution in [0.15, 0.2) is 0 Å². The third-order valence-electron chi connectivity index (χ3n) is 2.63. The molecule has 2 N–H and O–H groups in total. The van der Waals surface area contributed by atoms with E-state index in [4.69, 9.17) is 0 Å². The Kier molecular flexibility index (Phi) is 7.08. The summed E-state index contributed by atoms with van der Waals surface area (Å²) in [7, 11) is 1.88. The van der Waals surface area contributed by atoms with Gasteiger partial charge in [-0.25, -0.2) is 0 Å². The summed E-state index contributed by atoms with van der Waals surface area (Å²) >= 11 is 0. The lowest BCUT2D eigenvalue weighted by atomic mass is 10.2. The van der Waals surface area contributed by atoms with Crippen molar-refractivity contribution in [2.24, 2.45) is 0 Å². The van der Waals surface area contributed by atoms with Crippen molar-refractivity contribution in [3.05, 3.63) is 0 Å². The second kappa shape index (κ2) is 7.46. The number of hydrogen-bond donors (Lipinski definition) is 2. The molecule has 5 nitrogen and oxygen atoms in total. The molecule has 1 aliphatic heterocycles. The fourth-order valence-corrected chi connectivity index (χ4v) is 1.91. The van der Waals surface area contributed by atoms with E-state index in [9.17, 15) is 9.59 Å². The summed E-state index contributed by atoms with van der Waals surface area (Å²) in [5, 5.41) is 5.61. The fraction of sp³-hybridized carbons (Fsp3) is 0.800. The Labute approximate surface area is 102 Å². The standard InChI is InChI=1S/C10H19N3O2.ClH/c1-8(14)12-7-10(15)13-5-3-4-9(13)6-11-2;/h9,11H,3-7H2,1-2H3,(H,12,14);1H. The number of nitrogens with zero attached hydrogens (tertiary/aromatic N) is 1. The summed E-state index contributed by atoms with van der Waals surface area (Å²) in [4.78, 5) is 24.2. The quantitative estimate of drug-likeness (QED) is 0.723. The molecular formula is C10H20ClN3O2. The van der Waals surface area contributed by atoms with Crippen LogP contribution in [0.4, 0.5) is 0 Å². The van der Waals surface area contributed by atoms with E-state index in [1.807, 2.05) is 11.9 Å². The Balaban J connectivity index is 0.00000225. The minimum absolute atomic E-state index is 0. The molecule has 0 saturated carbocycles. The molecule has 0 aromatic carbocycles. The van der Waals surface area contributed by atoms with Crippen LogP contribution in [-0.2, 0) is 9.59 Å². The summed E-state index contributed by atoms with van der Waals surface area (Å²) in [5.74, 6) is -0.143. The Morgan fingerprint density at radius 2 is 2.12 bits per heavy atom. The molecule has 0 radical (unpaired) electrons. The van der Waals surface area contributed by atoms with Gasteiger partial charge in [0.1, 0.15) is 0 Å². The van der Waals surface area contributed by atoms with Crippen molar-refractivity contribution in [3.63, 3.8) is 0 Å². The van der Waals surface area contributed by atoms with Gasteiger partial charge in [-0.1, -0.05) is 0 Å². The third kappa shape index (κ3) is 4.37. The van der Waals surface area contributed by atoms with E-state index in [0.29, 0.717) is 0 Å². The van der Waals surface area contributed by atoms with Gasteiger partial charge in [0.15, 0.2) is 0 Å². The monoisotopic (exact) mass is 249 g/mol. The van der Waals surface area contributed by atoms with Crippen LogP contribution < -0.4 is 10.6 Å². The number of rotatable bonds is 4. The SMILES string of the molecule is CNCC1CCCN1C(=O)CNC(C)=O.Cl. The smallest absolute Gasteiger partial charge is 0.242 e. The highest BCUT2D eigenvalue weighted by atomic mass is 35.5. The Bertz CT molecular complexity index is 248. The number of carbonyl (C=O) groups excluding carboxylic acids is 2. The molecule has 1 fully saturated rings. The first kappa shape index (κ1) is 15.2. The van der Waals surface area contributed by atoms with Crippen molar-refractivity contribution in [3.8, 4) is 0 Å². The van der Waals surface area contributed by atoms with Crippen molar-refractivity contribution in [2.75, 3.05) is 26.7 Å². The molecule has 0 bridgehead atoms. The molecule has 1 saturated heterocycles. The zero-order chi connectivity index (χ0) is 11.3. The Morgan fingerprint density at radius 1 is 1.44 bits per heavy atom. The maximum atomic E-state index is 11.7. The average molecular weight is 250 g/mol. The minimum Gasteiger partial charge on any atom is -0.347 e. The molecule has 6 heteroatoms. The molecule has 1 aliphatic rings. The fourth-order valence-electron chi connectivity index (χ4n) is 1.91. The zero-order valence-corrected chi connectivity index (χ0v) is 10.6. The molecule has 2 amide bonds. The highest BCUT2D eigenvalue weighted by molar-refractivity contribution is 5.85. The first-order chi connectivity index (χ1) is 7.15. The molecule has 1 rings (SSSR count). The molecule has 0 aliphatic carbocycles. The van der Waals surface area contributed by atoms with Crippen molar-refractivity contribution in [2.45, 2.75) is 25.8 Å². The van der Waals surface area contributed by atoms with Gasteiger partial charge in [-0.05, 0) is 19.9 Å².